The molecule has 1 amide bonds. The molecule has 4 heteroatoms. The summed E-state index contributed by atoms with van der Waals surface area (Å²) in [4.78, 5) is 14.6. The molecule has 3 aliphatic rings. The Balaban J connectivity index is 1.59. The van der Waals surface area contributed by atoms with Crippen LogP contribution in [0.2, 0.25) is 0 Å². The molecule has 3 nitrogen and oxygen atoms in total. The fourth-order valence-corrected chi connectivity index (χ4v) is 4.25. The molecule has 3 rings (SSSR count). The number of thioether (sulfide) groups is 1. The molecule has 0 radical (unpaired) electrons. The zero-order valence-corrected chi connectivity index (χ0v) is 11.2. The maximum atomic E-state index is 12.5. The Bertz CT molecular complexity index is 294. The third kappa shape index (κ3) is 2.34. The minimum absolute atomic E-state index is 0.368. The van der Waals surface area contributed by atoms with Crippen molar-refractivity contribution in [2.24, 2.45) is 11.3 Å². The highest BCUT2D eigenvalue weighted by Crippen LogP contribution is 2.59. The van der Waals surface area contributed by atoms with Crippen LogP contribution in [0.25, 0.3) is 0 Å². The smallest absolute Gasteiger partial charge is 0.226 e. The number of hydrogen-bond donors (Lipinski definition) is 1. The van der Waals surface area contributed by atoms with Gasteiger partial charge in [-0.25, -0.2) is 0 Å². The van der Waals surface area contributed by atoms with Gasteiger partial charge in [-0.3, -0.25) is 4.79 Å². The van der Waals surface area contributed by atoms with Crippen molar-refractivity contribution < 1.29 is 4.79 Å². The summed E-state index contributed by atoms with van der Waals surface area (Å²) in [7, 11) is 0. The molecule has 1 aliphatic carbocycles. The van der Waals surface area contributed by atoms with Gasteiger partial charge in [0.25, 0.3) is 0 Å². The molecule has 3 fully saturated rings. The SMILES string of the molecule is O=C(C1CC12CCNCC2)N1CCCSCC1. The summed E-state index contributed by atoms with van der Waals surface area (Å²) >= 11 is 1.99. The van der Waals surface area contributed by atoms with E-state index in [2.05, 4.69) is 10.2 Å². The molecule has 1 atom stereocenters. The largest absolute Gasteiger partial charge is 0.342 e. The van der Waals surface area contributed by atoms with Crippen molar-refractivity contribution in [3.8, 4) is 0 Å². The number of rotatable bonds is 1. The number of amides is 1. The zero-order chi connectivity index (χ0) is 11.7. The van der Waals surface area contributed by atoms with Crippen LogP contribution < -0.4 is 5.32 Å². The van der Waals surface area contributed by atoms with Crippen LogP contribution in [-0.4, -0.2) is 48.5 Å². The van der Waals surface area contributed by atoms with Crippen LogP contribution in [0.15, 0.2) is 0 Å². The third-order valence-electron chi connectivity index (χ3n) is 4.62. The van der Waals surface area contributed by atoms with Gasteiger partial charge < -0.3 is 10.2 Å². The summed E-state index contributed by atoms with van der Waals surface area (Å²) in [6.45, 7) is 4.20. The van der Waals surface area contributed by atoms with E-state index in [1.54, 1.807) is 0 Å². The summed E-state index contributed by atoms with van der Waals surface area (Å²) in [6.07, 6.45) is 4.77. The van der Waals surface area contributed by atoms with Crippen molar-refractivity contribution in [2.75, 3.05) is 37.7 Å². The second-order valence-electron chi connectivity index (χ2n) is 5.66. The summed E-state index contributed by atoms with van der Waals surface area (Å²) < 4.78 is 0. The van der Waals surface area contributed by atoms with Crippen LogP contribution >= 0.6 is 11.8 Å². The molecule has 1 N–H and O–H groups in total. The second kappa shape index (κ2) is 4.81. The molecule has 96 valence electrons. The van der Waals surface area contributed by atoms with Gasteiger partial charge in [-0.1, -0.05) is 0 Å². The lowest BCUT2D eigenvalue weighted by atomic mass is 9.91. The van der Waals surface area contributed by atoms with Gasteiger partial charge >= 0.3 is 0 Å². The van der Waals surface area contributed by atoms with Gasteiger partial charge in [0.2, 0.25) is 5.91 Å². The van der Waals surface area contributed by atoms with E-state index in [9.17, 15) is 4.79 Å². The van der Waals surface area contributed by atoms with E-state index in [-0.39, 0.29) is 0 Å². The van der Waals surface area contributed by atoms with Crippen LogP contribution in [0.3, 0.4) is 0 Å². The fourth-order valence-electron chi connectivity index (χ4n) is 3.36. The molecule has 1 saturated carbocycles. The monoisotopic (exact) mass is 254 g/mol. The first-order valence-corrected chi connectivity index (χ1v) is 8.05. The molecule has 2 heterocycles. The number of carbonyl (C=O) groups is 1. The van der Waals surface area contributed by atoms with E-state index in [1.807, 2.05) is 11.8 Å². The molecule has 0 aromatic carbocycles. The number of hydrogen-bond acceptors (Lipinski definition) is 3. The summed E-state index contributed by atoms with van der Waals surface area (Å²) in [5.74, 6) is 3.19. The quantitative estimate of drug-likeness (QED) is 0.766. The van der Waals surface area contributed by atoms with Gasteiger partial charge in [0.15, 0.2) is 0 Å². The number of piperidine rings is 1. The Morgan fingerprint density at radius 1 is 1.24 bits per heavy atom. The highest BCUT2D eigenvalue weighted by Gasteiger charge is 2.58. The molecule has 1 unspecified atom stereocenters. The average Bonchev–Trinajstić information content (AvgIpc) is 3.10. The van der Waals surface area contributed by atoms with Crippen LogP contribution in [-0.2, 0) is 4.79 Å². The third-order valence-corrected chi connectivity index (χ3v) is 5.67. The lowest BCUT2D eigenvalue weighted by Crippen LogP contribution is -2.37. The van der Waals surface area contributed by atoms with E-state index in [0.717, 1.165) is 38.4 Å². The van der Waals surface area contributed by atoms with Crippen molar-refractivity contribution in [2.45, 2.75) is 25.7 Å². The fraction of sp³-hybridized carbons (Fsp3) is 0.923. The van der Waals surface area contributed by atoms with E-state index in [0.29, 0.717) is 17.2 Å². The van der Waals surface area contributed by atoms with Crippen molar-refractivity contribution in [3.05, 3.63) is 0 Å². The van der Waals surface area contributed by atoms with Gasteiger partial charge in [0.1, 0.15) is 0 Å². The van der Waals surface area contributed by atoms with E-state index in [4.69, 9.17) is 0 Å². The van der Waals surface area contributed by atoms with Crippen LogP contribution in [0.4, 0.5) is 0 Å². The maximum absolute atomic E-state index is 12.5. The van der Waals surface area contributed by atoms with Crippen molar-refractivity contribution in [3.63, 3.8) is 0 Å². The highest BCUT2D eigenvalue weighted by atomic mass is 32.2. The van der Waals surface area contributed by atoms with E-state index < -0.39 is 0 Å². The molecule has 2 saturated heterocycles. The van der Waals surface area contributed by atoms with Crippen LogP contribution in [0.1, 0.15) is 25.7 Å². The summed E-state index contributed by atoms with van der Waals surface area (Å²) in [5, 5.41) is 3.40. The van der Waals surface area contributed by atoms with Gasteiger partial charge in [-0.05, 0) is 49.9 Å². The Morgan fingerprint density at radius 3 is 2.88 bits per heavy atom. The maximum Gasteiger partial charge on any atom is 0.226 e. The Hall–Kier alpha value is -0.220. The first-order valence-electron chi connectivity index (χ1n) is 6.89. The highest BCUT2D eigenvalue weighted by molar-refractivity contribution is 7.99. The predicted octanol–water partition coefficient (Wildman–Crippen LogP) is 1.34. The first-order chi connectivity index (χ1) is 8.32. The number of nitrogens with zero attached hydrogens (tertiary/aromatic N) is 1. The van der Waals surface area contributed by atoms with Gasteiger partial charge in [0, 0.05) is 24.8 Å². The van der Waals surface area contributed by atoms with Crippen molar-refractivity contribution in [1.29, 1.82) is 0 Å². The molecule has 0 bridgehead atoms. The number of nitrogens with one attached hydrogen (secondary N) is 1. The first kappa shape index (κ1) is 11.8. The lowest BCUT2D eigenvalue weighted by Gasteiger charge is -2.26. The summed E-state index contributed by atoms with van der Waals surface area (Å²) in [6, 6.07) is 0. The number of carbonyl (C=O) groups excluding carboxylic acids is 1. The molecule has 0 aromatic rings. The second-order valence-corrected chi connectivity index (χ2v) is 6.89. The Morgan fingerprint density at radius 2 is 2.06 bits per heavy atom. The Kier molecular flexibility index (Phi) is 3.35. The summed E-state index contributed by atoms with van der Waals surface area (Å²) in [5.41, 5.74) is 0.405. The van der Waals surface area contributed by atoms with Gasteiger partial charge in [0.05, 0.1) is 0 Å². The standard InChI is InChI=1S/C13H22N2OS/c16-12(15-6-1-8-17-9-7-15)11-10-13(11)2-4-14-5-3-13/h11,14H,1-10H2. The van der Waals surface area contributed by atoms with Crippen LogP contribution in [0, 0.1) is 11.3 Å². The average molecular weight is 254 g/mol. The minimum Gasteiger partial charge on any atom is -0.342 e. The van der Waals surface area contributed by atoms with Crippen molar-refractivity contribution in [1.82, 2.24) is 10.2 Å². The van der Waals surface area contributed by atoms with Gasteiger partial charge in [-0.2, -0.15) is 11.8 Å². The van der Waals surface area contributed by atoms with E-state index >= 15 is 0 Å². The minimum atomic E-state index is 0.368. The normalized spacial score (nSPS) is 32.2. The molecular weight excluding hydrogens is 232 g/mol. The molecule has 1 spiro atoms. The van der Waals surface area contributed by atoms with Crippen molar-refractivity contribution >= 4 is 17.7 Å². The predicted molar refractivity (Wildman–Crippen MR) is 71.2 cm³/mol. The lowest BCUT2D eigenvalue weighted by molar-refractivity contribution is -0.133. The van der Waals surface area contributed by atoms with Crippen LogP contribution in [0.5, 0.6) is 0 Å². The zero-order valence-electron chi connectivity index (χ0n) is 10.4. The molecule has 2 aliphatic heterocycles. The molecule has 0 aromatic heterocycles. The Labute approximate surface area is 108 Å². The van der Waals surface area contributed by atoms with E-state index in [1.165, 1.54) is 25.0 Å². The topological polar surface area (TPSA) is 32.3 Å². The molecule has 17 heavy (non-hydrogen) atoms. The molecular formula is C13H22N2OS. The van der Waals surface area contributed by atoms with Gasteiger partial charge in [-0.15, -0.1) is 0 Å².